The van der Waals surface area contributed by atoms with Crippen molar-refractivity contribution in [1.29, 1.82) is 0 Å². The molecule has 0 aliphatic rings. The fraction of sp³-hybridized carbons (Fsp3) is 0.118. The van der Waals surface area contributed by atoms with Gasteiger partial charge in [0.15, 0.2) is 5.76 Å². The zero-order chi connectivity index (χ0) is 18.8. The number of rotatable bonds is 5. The molecule has 0 saturated heterocycles. The van der Waals surface area contributed by atoms with Gasteiger partial charge in [-0.2, -0.15) is 19.9 Å². The highest BCUT2D eigenvalue weighted by Crippen LogP contribution is 2.23. The Kier molecular flexibility index (Phi) is 4.21. The van der Waals surface area contributed by atoms with Crippen LogP contribution in [0.5, 0.6) is 0 Å². The van der Waals surface area contributed by atoms with Crippen molar-refractivity contribution in [1.82, 2.24) is 25.1 Å². The average Bonchev–Trinajstić information content (AvgIpc) is 3.29. The number of nitrogen functional groups attached to an aromatic ring is 1. The van der Waals surface area contributed by atoms with Gasteiger partial charge in [-0.05, 0) is 36.8 Å². The molecule has 0 atom stereocenters. The van der Waals surface area contributed by atoms with E-state index >= 15 is 0 Å². The molecule has 0 spiro atoms. The lowest BCUT2D eigenvalue weighted by Gasteiger charge is -2.06. The van der Waals surface area contributed by atoms with E-state index in [1.807, 2.05) is 6.92 Å². The van der Waals surface area contributed by atoms with E-state index in [2.05, 4.69) is 30.4 Å². The summed E-state index contributed by atoms with van der Waals surface area (Å²) in [6, 6.07) is 9.69. The number of nitrogens with two attached hydrogens (primary N) is 1. The van der Waals surface area contributed by atoms with Crippen LogP contribution in [0.25, 0.3) is 23.3 Å². The second-order valence-corrected chi connectivity index (χ2v) is 5.66. The smallest absolute Gasteiger partial charge is 0.294 e. The van der Waals surface area contributed by atoms with Gasteiger partial charge >= 0.3 is 0 Å². The first kappa shape index (κ1) is 16.6. The minimum atomic E-state index is -0.322. The molecule has 0 amide bonds. The number of benzene rings is 1. The molecule has 3 aromatic heterocycles. The highest BCUT2D eigenvalue weighted by Gasteiger charge is 2.17. The van der Waals surface area contributed by atoms with E-state index in [1.54, 1.807) is 24.3 Å². The van der Waals surface area contributed by atoms with Crippen LogP contribution in [0.4, 0.5) is 16.3 Å². The number of aryl methyl sites for hydroxylation is 1. The van der Waals surface area contributed by atoms with Crippen LogP contribution in [0.2, 0.25) is 0 Å². The molecule has 9 nitrogen and oxygen atoms in total. The number of halogens is 1. The molecule has 0 fully saturated rings. The summed E-state index contributed by atoms with van der Waals surface area (Å²) in [7, 11) is 0. The molecule has 0 aliphatic carbocycles. The third-order valence-corrected chi connectivity index (χ3v) is 3.57. The summed E-state index contributed by atoms with van der Waals surface area (Å²) < 4.78 is 23.9. The Labute approximate surface area is 152 Å². The molecule has 3 N–H and O–H groups in total. The number of anilines is 2. The summed E-state index contributed by atoms with van der Waals surface area (Å²) in [6.07, 6.45) is 0. The molecule has 136 valence electrons. The number of hydrogen-bond donors (Lipinski definition) is 2. The van der Waals surface area contributed by atoms with Crippen molar-refractivity contribution in [2.45, 2.75) is 13.5 Å². The Hall–Kier alpha value is -3.82. The van der Waals surface area contributed by atoms with Crippen molar-refractivity contribution >= 4 is 11.9 Å². The Morgan fingerprint density at radius 1 is 1.07 bits per heavy atom. The van der Waals surface area contributed by atoms with Crippen LogP contribution in [0.1, 0.15) is 11.3 Å². The molecular weight excluding hydrogens is 353 g/mol. The van der Waals surface area contributed by atoms with E-state index in [-0.39, 0.29) is 35.3 Å². The fourth-order valence-corrected chi connectivity index (χ4v) is 2.36. The Balaban J connectivity index is 1.56. The maximum atomic E-state index is 13.3. The number of hydrogen-bond acceptors (Lipinski definition) is 9. The van der Waals surface area contributed by atoms with Gasteiger partial charge in [-0.3, -0.25) is 0 Å². The van der Waals surface area contributed by atoms with Crippen LogP contribution in [0.3, 0.4) is 0 Å². The quantitative estimate of drug-likeness (QED) is 0.547. The monoisotopic (exact) mass is 367 g/mol. The molecule has 1 aromatic carbocycles. The zero-order valence-electron chi connectivity index (χ0n) is 14.2. The molecule has 3 heterocycles. The second kappa shape index (κ2) is 6.83. The van der Waals surface area contributed by atoms with E-state index in [9.17, 15) is 4.39 Å². The first-order valence-electron chi connectivity index (χ1n) is 7.97. The van der Waals surface area contributed by atoms with Crippen LogP contribution in [-0.4, -0.2) is 25.1 Å². The van der Waals surface area contributed by atoms with Crippen LogP contribution in [-0.2, 0) is 6.54 Å². The van der Waals surface area contributed by atoms with Gasteiger partial charge in [0.2, 0.25) is 23.5 Å². The molecule has 0 unspecified atom stereocenters. The fourth-order valence-electron chi connectivity index (χ4n) is 2.36. The Morgan fingerprint density at radius 2 is 1.96 bits per heavy atom. The van der Waals surface area contributed by atoms with Crippen molar-refractivity contribution in [2.75, 3.05) is 11.1 Å². The van der Waals surface area contributed by atoms with Crippen molar-refractivity contribution in [3.05, 3.63) is 53.5 Å². The predicted molar refractivity (Wildman–Crippen MR) is 93.7 cm³/mol. The molecule has 0 radical (unpaired) electrons. The van der Waals surface area contributed by atoms with Gasteiger partial charge < -0.3 is 20.0 Å². The van der Waals surface area contributed by atoms with E-state index in [4.69, 9.17) is 14.7 Å². The lowest BCUT2D eigenvalue weighted by molar-refractivity contribution is 0.413. The van der Waals surface area contributed by atoms with Gasteiger partial charge in [0, 0.05) is 6.54 Å². The lowest BCUT2D eigenvalue weighted by Crippen LogP contribution is -2.08. The molecule has 0 saturated carbocycles. The molecule has 0 bridgehead atoms. The normalized spacial score (nSPS) is 10.9. The van der Waals surface area contributed by atoms with Crippen molar-refractivity contribution in [3.63, 3.8) is 0 Å². The van der Waals surface area contributed by atoms with E-state index in [0.717, 1.165) is 11.3 Å². The first-order valence-corrected chi connectivity index (χ1v) is 7.97. The maximum absolute atomic E-state index is 13.3. The standard InChI is InChI=1S/C17H14FN7O2/c1-9-5-6-12(26-9)15-21-14(25-27-15)13-22-16(19)24-17(23-13)20-8-10-3-2-4-11(18)7-10/h2-7H,8H2,1H3,(H3,19,20,22,23,24). The second-order valence-electron chi connectivity index (χ2n) is 5.66. The molecule has 27 heavy (non-hydrogen) atoms. The van der Waals surface area contributed by atoms with Gasteiger partial charge in [0.1, 0.15) is 11.6 Å². The van der Waals surface area contributed by atoms with Gasteiger partial charge in [0.05, 0.1) is 0 Å². The number of nitrogens with one attached hydrogen (secondary N) is 1. The molecule has 0 aliphatic heterocycles. The van der Waals surface area contributed by atoms with Crippen molar-refractivity contribution < 1.29 is 13.3 Å². The highest BCUT2D eigenvalue weighted by molar-refractivity contribution is 5.53. The van der Waals surface area contributed by atoms with Gasteiger partial charge in [-0.25, -0.2) is 4.39 Å². The summed E-state index contributed by atoms with van der Waals surface area (Å²) in [5.41, 5.74) is 6.47. The summed E-state index contributed by atoms with van der Waals surface area (Å²) in [5.74, 6) is 1.52. The topological polar surface area (TPSA) is 129 Å². The zero-order valence-corrected chi connectivity index (χ0v) is 14.2. The van der Waals surface area contributed by atoms with Crippen LogP contribution in [0, 0.1) is 12.7 Å². The average molecular weight is 367 g/mol. The lowest BCUT2D eigenvalue weighted by atomic mass is 10.2. The molecule has 4 aromatic rings. The third-order valence-electron chi connectivity index (χ3n) is 3.57. The van der Waals surface area contributed by atoms with Crippen LogP contribution < -0.4 is 11.1 Å². The maximum Gasteiger partial charge on any atom is 0.294 e. The van der Waals surface area contributed by atoms with Crippen LogP contribution in [0.15, 0.2) is 45.3 Å². The molecule has 4 rings (SSSR count). The van der Waals surface area contributed by atoms with E-state index in [0.29, 0.717) is 12.3 Å². The predicted octanol–water partition coefficient (Wildman–Crippen LogP) is 2.82. The minimum Gasteiger partial charge on any atom is -0.456 e. The van der Waals surface area contributed by atoms with Crippen molar-refractivity contribution in [2.24, 2.45) is 0 Å². The number of furan rings is 1. The Morgan fingerprint density at radius 3 is 2.74 bits per heavy atom. The third kappa shape index (κ3) is 3.73. The van der Waals surface area contributed by atoms with Gasteiger partial charge in [-0.1, -0.05) is 17.3 Å². The summed E-state index contributed by atoms with van der Waals surface area (Å²) >= 11 is 0. The highest BCUT2D eigenvalue weighted by atomic mass is 19.1. The van der Waals surface area contributed by atoms with Gasteiger partial charge in [0.25, 0.3) is 5.89 Å². The largest absolute Gasteiger partial charge is 0.456 e. The number of nitrogens with zero attached hydrogens (tertiary/aromatic N) is 5. The minimum absolute atomic E-state index is 0.0121. The van der Waals surface area contributed by atoms with E-state index in [1.165, 1.54) is 12.1 Å². The summed E-state index contributed by atoms with van der Waals surface area (Å²) in [5, 5.41) is 6.82. The van der Waals surface area contributed by atoms with E-state index < -0.39 is 0 Å². The first-order chi connectivity index (χ1) is 13.1. The Bertz CT molecular complexity index is 1090. The number of aromatic nitrogens is 5. The van der Waals surface area contributed by atoms with Gasteiger partial charge in [-0.15, -0.1) is 0 Å². The summed E-state index contributed by atoms with van der Waals surface area (Å²) in [4.78, 5) is 16.5. The molecular formula is C17H14FN7O2. The SMILES string of the molecule is Cc1ccc(-c2nc(-c3nc(N)nc(NCc4cccc(F)c4)n3)no2)o1. The molecule has 10 heteroatoms. The van der Waals surface area contributed by atoms with Crippen molar-refractivity contribution in [3.8, 4) is 23.3 Å². The summed E-state index contributed by atoms with van der Waals surface area (Å²) in [6.45, 7) is 2.12. The van der Waals surface area contributed by atoms with Crippen LogP contribution >= 0.6 is 0 Å².